The average molecular weight is 510 g/mol. The van der Waals surface area contributed by atoms with E-state index in [9.17, 15) is 4.79 Å². The topological polar surface area (TPSA) is 102 Å². The van der Waals surface area contributed by atoms with E-state index in [4.69, 9.17) is 15.5 Å². The minimum Gasteiger partial charge on any atom is -0.493 e. The summed E-state index contributed by atoms with van der Waals surface area (Å²) in [5.74, 6) is 1.49. The van der Waals surface area contributed by atoms with Crippen LogP contribution in [-0.2, 0) is 12.8 Å². The highest BCUT2D eigenvalue weighted by atomic mass is 32.1. The van der Waals surface area contributed by atoms with Crippen LogP contribution in [0.15, 0.2) is 71.2 Å². The molecule has 2 unspecified atom stereocenters. The number of nitrogen functional groups attached to an aromatic ring is 1. The molecule has 2 aliphatic rings. The second-order valence-electron chi connectivity index (χ2n) is 9.58. The number of carbonyl (C=O) groups is 1. The van der Waals surface area contributed by atoms with E-state index in [0.29, 0.717) is 18.7 Å². The van der Waals surface area contributed by atoms with Gasteiger partial charge in [0.1, 0.15) is 5.75 Å². The maximum atomic E-state index is 12.9. The number of ether oxygens (including phenoxy) is 1. The van der Waals surface area contributed by atoms with Crippen molar-refractivity contribution in [1.29, 1.82) is 0 Å². The molecule has 0 fully saturated rings. The van der Waals surface area contributed by atoms with E-state index in [1.807, 2.05) is 30.3 Å². The first-order valence-electron chi connectivity index (χ1n) is 12.4. The van der Waals surface area contributed by atoms with Crippen molar-refractivity contribution >= 4 is 34.6 Å². The molecule has 2 aliphatic heterocycles. The number of nitrogens with one attached hydrogen (secondary N) is 1. The Kier molecular flexibility index (Phi) is 6.18. The fourth-order valence-corrected chi connectivity index (χ4v) is 5.69. The van der Waals surface area contributed by atoms with E-state index in [0.717, 1.165) is 46.8 Å². The summed E-state index contributed by atoms with van der Waals surface area (Å²) in [6, 6.07) is 17.9. The third-order valence-corrected chi connectivity index (χ3v) is 8.09. The third-order valence-electron chi connectivity index (χ3n) is 6.99. The number of hydrogen-bond donors (Lipinski definition) is 2. The number of hydrogen-bond acceptors (Lipinski definition) is 7. The predicted molar refractivity (Wildman–Crippen MR) is 147 cm³/mol. The maximum Gasteiger partial charge on any atom is 0.251 e. The smallest absolute Gasteiger partial charge is 0.251 e. The first-order chi connectivity index (χ1) is 18.0. The molecule has 4 aromatic rings. The molecule has 1 amide bonds. The Hall–Kier alpha value is -4.04. The second kappa shape index (κ2) is 9.78. The molecule has 0 bridgehead atoms. The van der Waals surface area contributed by atoms with Gasteiger partial charge in [-0.05, 0) is 59.3 Å². The molecular weight excluding hydrogens is 482 g/mol. The highest BCUT2D eigenvalue weighted by molar-refractivity contribution is 7.10. The molecule has 0 saturated heterocycles. The summed E-state index contributed by atoms with van der Waals surface area (Å²) in [6.45, 7) is 3.32. The number of anilines is 1. The number of benzene rings is 2. The fourth-order valence-electron chi connectivity index (χ4n) is 4.91. The third kappa shape index (κ3) is 4.84. The fraction of sp³-hybridized carbons (Fsp3) is 0.241. The normalized spacial score (nSPS) is 16.8. The van der Waals surface area contributed by atoms with Gasteiger partial charge in [0.2, 0.25) is 5.95 Å². The van der Waals surface area contributed by atoms with Gasteiger partial charge in [-0.1, -0.05) is 25.1 Å². The monoisotopic (exact) mass is 509 g/mol. The molecule has 2 atom stereocenters. The van der Waals surface area contributed by atoms with Crippen LogP contribution >= 0.6 is 11.3 Å². The molecule has 0 aliphatic carbocycles. The van der Waals surface area contributed by atoms with Crippen molar-refractivity contribution in [2.24, 2.45) is 10.9 Å². The summed E-state index contributed by atoms with van der Waals surface area (Å²) in [6.07, 6.45) is 3.26. The van der Waals surface area contributed by atoms with E-state index >= 15 is 0 Å². The molecule has 4 heterocycles. The molecule has 0 radical (unpaired) electrons. The number of aliphatic imine (C=N–C) groups is 1. The lowest BCUT2D eigenvalue weighted by Gasteiger charge is -2.26. The van der Waals surface area contributed by atoms with Gasteiger partial charge in [0, 0.05) is 52.7 Å². The van der Waals surface area contributed by atoms with Crippen molar-refractivity contribution in [1.82, 2.24) is 15.3 Å². The maximum absolute atomic E-state index is 12.9. The van der Waals surface area contributed by atoms with E-state index in [-0.39, 0.29) is 23.7 Å². The van der Waals surface area contributed by atoms with E-state index in [1.165, 1.54) is 10.4 Å². The van der Waals surface area contributed by atoms with Gasteiger partial charge in [0.25, 0.3) is 5.91 Å². The number of fused-ring (bicyclic) bond motifs is 2. The number of aromatic nitrogens is 2. The van der Waals surface area contributed by atoms with Crippen molar-refractivity contribution < 1.29 is 9.53 Å². The Morgan fingerprint density at radius 1 is 1.19 bits per heavy atom. The molecule has 0 spiro atoms. The standard InChI is InChI=1S/C29H27N5O2S/c1-17(27-3-2-10-37-27)15-32-28(35)20-6-7-26-21(11-20)12-22(16-36-26)25-14-19-5-4-18(13-24(19)33-25)23-8-9-31-29(30)34-23/h2-11,13,17,22H,12,14-16H2,1H3,(H,32,35)(H2,30,31,34). The van der Waals surface area contributed by atoms with Crippen LogP contribution in [0.25, 0.3) is 11.3 Å². The number of nitrogens with zero attached hydrogens (tertiary/aromatic N) is 3. The Balaban J connectivity index is 1.15. The SMILES string of the molecule is CC(CNC(=O)c1ccc2c(c1)CC(C1=Nc3cc(-c4ccnc(N)n4)ccc3C1)CO2)c1cccs1. The van der Waals surface area contributed by atoms with E-state index in [1.54, 1.807) is 17.5 Å². The zero-order valence-corrected chi connectivity index (χ0v) is 21.3. The van der Waals surface area contributed by atoms with Crippen molar-refractivity contribution in [3.8, 4) is 17.0 Å². The van der Waals surface area contributed by atoms with Crippen LogP contribution in [0.3, 0.4) is 0 Å². The lowest BCUT2D eigenvalue weighted by Crippen LogP contribution is -2.30. The number of rotatable bonds is 6. The van der Waals surface area contributed by atoms with E-state index in [2.05, 4.69) is 51.9 Å². The van der Waals surface area contributed by atoms with Gasteiger partial charge in [-0.15, -0.1) is 11.3 Å². The largest absolute Gasteiger partial charge is 0.493 e. The van der Waals surface area contributed by atoms with Crippen LogP contribution in [0.1, 0.15) is 39.2 Å². The Bertz CT molecular complexity index is 1500. The minimum absolute atomic E-state index is 0.0585. The Labute approximate surface area is 219 Å². The lowest BCUT2D eigenvalue weighted by molar-refractivity contribution is 0.0951. The number of amides is 1. The highest BCUT2D eigenvalue weighted by Gasteiger charge is 2.28. The molecule has 8 heteroatoms. The molecule has 186 valence electrons. The summed E-state index contributed by atoms with van der Waals surface area (Å²) in [5, 5.41) is 5.14. The van der Waals surface area contributed by atoms with Crippen molar-refractivity contribution in [2.75, 3.05) is 18.9 Å². The van der Waals surface area contributed by atoms with Crippen LogP contribution in [0.4, 0.5) is 11.6 Å². The minimum atomic E-state index is -0.0585. The number of nitrogens with two attached hydrogens (primary N) is 1. The van der Waals surface area contributed by atoms with Gasteiger partial charge < -0.3 is 15.8 Å². The summed E-state index contributed by atoms with van der Waals surface area (Å²) < 4.78 is 6.09. The van der Waals surface area contributed by atoms with Crippen molar-refractivity contribution in [3.63, 3.8) is 0 Å². The Morgan fingerprint density at radius 3 is 2.95 bits per heavy atom. The van der Waals surface area contributed by atoms with Gasteiger partial charge in [-0.2, -0.15) is 0 Å². The molecule has 0 saturated carbocycles. The van der Waals surface area contributed by atoms with Gasteiger partial charge in [0.05, 0.1) is 18.0 Å². The average Bonchev–Trinajstić information content (AvgIpc) is 3.61. The van der Waals surface area contributed by atoms with Crippen molar-refractivity contribution in [3.05, 3.63) is 87.7 Å². The molecule has 6 rings (SSSR count). The first kappa shape index (κ1) is 23.4. The summed E-state index contributed by atoms with van der Waals surface area (Å²) >= 11 is 1.72. The highest BCUT2D eigenvalue weighted by Crippen LogP contribution is 2.36. The zero-order chi connectivity index (χ0) is 25.4. The van der Waals surface area contributed by atoms with Crippen LogP contribution in [0, 0.1) is 5.92 Å². The van der Waals surface area contributed by atoms with Crippen LogP contribution in [0.2, 0.25) is 0 Å². The molecule has 7 nitrogen and oxygen atoms in total. The lowest BCUT2D eigenvalue weighted by atomic mass is 9.89. The first-order valence-corrected chi connectivity index (χ1v) is 13.3. The number of carbonyl (C=O) groups excluding carboxylic acids is 1. The van der Waals surface area contributed by atoms with Crippen LogP contribution in [-0.4, -0.2) is 34.7 Å². The molecule has 2 aromatic heterocycles. The number of thiophene rings is 1. The molecule has 3 N–H and O–H groups in total. The molecular formula is C29H27N5O2S. The molecule has 2 aromatic carbocycles. The van der Waals surface area contributed by atoms with Crippen molar-refractivity contribution in [2.45, 2.75) is 25.7 Å². The van der Waals surface area contributed by atoms with Crippen LogP contribution in [0.5, 0.6) is 5.75 Å². The summed E-state index contributed by atoms with van der Waals surface area (Å²) in [5.41, 5.74) is 12.5. The predicted octanol–water partition coefficient (Wildman–Crippen LogP) is 5.20. The summed E-state index contributed by atoms with van der Waals surface area (Å²) in [4.78, 5) is 27.4. The van der Waals surface area contributed by atoms with Gasteiger partial charge >= 0.3 is 0 Å². The quantitative estimate of drug-likeness (QED) is 0.372. The zero-order valence-electron chi connectivity index (χ0n) is 20.5. The van der Waals surface area contributed by atoms with Gasteiger partial charge in [-0.25, -0.2) is 9.97 Å². The summed E-state index contributed by atoms with van der Waals surface area (Å²) in [7, 11) is 0. The van der Waals surface area contributed by atoms with Gasteiger partial charge in [0.15, 0.2) is 0 Å². The second-order valence-corrected chi connectivity index (χ2v) is 10.6. The van der Waals surface area contributed by atoms with Gasteiger partial charge in [-0.3, -0.25) is 9.79 Å². The van der Waals surface area contributed by atoms with E-state index < -0.39 is 0 Å². The Morgan fingerprint density at radius 2 is 2.11 bits per heavy atom. The molecule has 37 heavy (non-hydrogen) atoms. The van der Waals surface area contributed by atoms with Crippen LogP contribution < -0.4 is 15.8 Å².